The molecule has 1 aliphatic heterocycles. The van der Waals surface area contributed by atoms with Gasteiger partial charge in [-0.15, -0.1) is 0 Å². The number of anilines is 3. The molecule has 5 aromatic rings. The number of phenolic OH excluding ortho intramolecular Hbond substituents is 1. The first kappa shape index (κ1) is 44.1. The van der Waals surface area contributed by atoms with E-state index in [0.717, 1.165) is 11.6 Å². The van der Waals surface area contributed by atoms with Crippen LogP contribution in [0, 0.1) is 0 Å². The summed E-state index contributed by atoms with van der Waals surface area (Å²) in [5, 5.41) is 32.6. The van der Waals surface area contributed by atoms with Crippen molar-refractivity contribution in [2.75, 3.05) is 42.8 Å². The molecule has 0 radical (unpaired) electrons. The van der Waals surface area contributed by atoms with Crippen molar-refractivity contribution in [2.24, 2.45) is 0 Å². The Balaban J connectivity index is 1.08. The Morgan fingerprint density at radius 3 is 2.20 bits per heavy atom. The van der Waals surface area contributed by atoms with Crippen LogP contribution in [-0.4, -0.2) is 78.5 Å². The predicted octanol–water partition coefficient (Wildman–Crippen LogP) is 8.43. The molecule has 0 spiro atoms. The van der Waals surface area contributed by atoms with E-state index in [2.05, 4.69) is 26.3 Å². The molecule has 2 atom stereocenters. The van der Waals surface area contributed by atoms with Gasteiger partial charge in [-0.05, 0) is 100 Å². The van der Waals surface area contributed by atoms with Crippen LogP contribution in [0.15, 0.2) is 91.1 Å². The van der Waals surface area contributed by atoms with Crippen LogP contribution in [0.2, 0.25) is 0 Å². The molecular weight excluding hydrogens is 798 g/mol. The summed E-state index contributed by atoms with van der Waals surface area (Å²) in [6.07, 6.45) is -4.12. The van der Waals surface area contributed by atoms with Crippen LogP contribution in [0.4, 0.5) is 39.8 Å². The fraction of sp³-hybridized carbons (Fsp3) is 0.341. The number of methoxy groups -OCH3 is 2. The number of hydrogen-bond donors (Lipinski definition) is 6. The number of pyridine rings is 1. The van der Waals surface area contributed by atoms with Gasteiger partial charge in [0.2, 0.25) is 0 Å². The van der Waals surface area contributed by atoms with E-state index in [4.69, 9.17) is 18.9 Å². The first-order valence-electron chi connectivity index (χ1n) is 19.5. The van der Waals surface area contributed by atoms with Crippen LogP contribution in [0.1, 0.15) is 44.7 Å². The van der Waals surface area contributed by atoms with Gasteiger partial charge in [-0.25, -0.2) is 9.59 Å². The number of urea groups is 1. The number of nitrogens with one attached hydrogen (secondary N) is 4. The van der Waals surface area contributed by atoms with Crippen molar-refractivity contribution >= 4 is 40.1 Å². The SMILES string of the molecule is COc1cc2nccc(Oc3cccc(NC(=O)Nc4ccc(N5CCC(N[C@H](O)[C@@H](Cc6ccc(O)cc6)NC(=O)OC(C)(C)C)CC5)c(C(F)(F)F)c4)c3)c2cc1OC. The molecule has 1 saturated heterocycles. The Morgan fingerprint density at radius 2 is 1.54 bits per heavy atom. The summed E-state index contributed by atoms with van der Waals surface area (Å²) in [7, 11) is 3.04. The van der Waals surface area contributed by atoms with Gasteiger partial charge in [-0.1, -0.05) is 18.2 Å². The van der Waals surface area contributed by atoms with Gasteiger partial charge in [0.05, 0.1) is 31.3 Å². The van der Waals surface area contributed by atoms with Crippen molar-refractivity contribution < 1.29 is 51.9 Å². The van der Waals surface area contributed by atoms with Crippen LogP contribution < -0.4 is 40.4 Å². The first-order valence-corrected chi connectivity index (χ1v) is 19.5. The Kier molecular flexibility index (Phi) is 13.6. The smallest absolute Gasteiger partial charge is 0.418 e. The normalized spacial score (nSPS) is 14.5. The first-order chi connectivity index (χ1) is 29.0. The quantitative estimate of drug-likeness (QED) is 0.0628. The lowest BCUT2D eigenvalue weighted by Crippen LogP contribution is -2.56. The Bertz CT molecular complexity index is 2310. The number of phenols is 1. The average molecular weight is 847 g/mol. The number of amides is 3. The second-order valence-electron chi connectivity index (χ2n) is 15.5. The van der Waals surface area contributed by atoms with Gasteiger partial charge in [-0.3, -0.25) is 10.3 Å². The number of benzene rings is 4. The second-order valence-corrected chi connectivity index (χ2v) is 15.5. The van der Waals surface area contributed by atoms with Crippen LogP contribution in [0.25, 0.3) is 10.9 Å². The third kappa shape index (κ3) is 11.9. The minimum Gasteiger partial charge on any atom is -0.508 e. The molecule has 6 N–H and O–H groups in total. The van der Waals surface area contributed by atoms with Crippen LogP contribution in [0.5, 0.6) is 28.7 Å². The number of rotatable bonds is 13. The topological polar surface area (TPSA) is 176 Å². The predicted molar refractivity (Wildman–Crippen MR) is 225 cm³/mol. The molecular formula is C44H49F3N6O8. The molecule has 324 valence electrons. The molecule has 6 rings (SSSR count). The van der Waals surface area contributed by atoms with Crippen LogP contribution >= 0.6 is 0 Å². The van der Waals surface area contributed by atoms with Crippen LogP contribution in [-0.2, 0) is 17.3 Å². The van der Waals surface area contributed by atoms with Crippen molar-refractivity contribution in [1.29, 1.82) is 0 Å². The zero-order valence-electron chi connectivity index (χ0n) is 34.3. The average Bonchev–Trinajstić information content (AvgIpc) is 3.20. The maximum atomic E-state index is 14.5. The maximum absolute atomic E-state index is 14.5. The molecule has 1 aromatic heterocycles. The molecule has 0 unspecified atom stereocenters. The molecule has 1 aliphatic rings. The third-order valence-electron chi connectivity index (χ3n) is 9.80. The van der Waals surface area contributed by atoms with Crippen molar-refractivity contribution in [3.05, 3.63) is 102 Å². The summed E-state index contributed by atoms with van der Waals surface area (Å²) in [6.45, 7) is 5.62. The highest BCUT2D eigenvalue weighted by atomic mass is 19.4. The number of carbonyl (C=O) groups excluding carboxylic acids is 2. The maximum Gasteiger partial charge on any atom is 0.418 e. The Morgan fingerprint density at radius 1 is 0.869 bits per heavy atom. The zero-order chi connectivity index (χ0) is 43.9. The molecule has 1 fully saturated rings. The molecule has 17 heteroatoms. The largest absolute Gasteiger partial charge is 0.508 e. The second kappa shape index (κ2) is 18.9. The fourth-order valence-electron chi connectivity index (χ4n) is 6.94. The van der Waals surface area contributed by atoms with Gasteiger partial charge in [0, 0.05) is 59.9 Å². The van der Waals surface area contributed by atoms with Gasteiger partial charge < -0.3 is 50.0 Å². The van der Waals surface area contributed by atoms with E-state index in [-0.39, 0.29) is 42.7 Å². The number of aliphatic hydroxyl groups is 1. The van der Waals surface area contributed by atoms with Gasteiger partial charge in [0.15, 0.2) is 11.5 Å². The summed E-state index contributed by atoms with van der Waals surface area (Å²) in [5.41, 5.74) is -0.127. The van der Waals surface area contributed by atoms with Gasteiger partial charge >= 0.3 is 18.3 Å². The highest BCUT2D eigenvalue weighted by Gasteiger charge is 2.37. The highest BCUT2D eigenvalue weighted by molar-refractivity contribution is 6.00. The Labute approximate surface area is 351 Å². The molecule has 3 amide bonds. The number of alkyl carbamates (subject to hydrolysis) is 1. The van der Waals surface area contributed by atoms with E-state index in [1.54, 1.807) is 86.5 Å². The number of carbonyl (C=O) groups is 2. The number of nitrogens with zero attached hydrogens (tertiary/aromatic N) is 2. The number of aromatic nitrogens is 1. The van der Waals surface area contributed by atoms with Crippen LogP contribution in [0.3, 0.4) is 0 Å². The summed E-state index contributed by atoms with van der Waals surface area (Å²) in [5.74, 6) is 1.91. The van der Waals surface area contributed by atoms with Gasteiger partial charge in [0.1, 0.15) is 29.1 Å². The van der Waals surface area contributed by atoms with E-state index < -0.39 is 41.7 Å². The third-order valence-corrected chi connectivity index (χ3v) is 9.80. The number of aliphatic hydroxyl groups excluding tert-OH is 1. The number of fused-ring (bicyclic) bond motifs is 1. The van der Waals surface area contributed by atoms with Crippen molar-refractivity contribution in [2.45, 2.75) is 70.1 Å². The van der Waals surface area contributed by atoms with E-state index >= 15 is 0 Å². The molecule has 0 bridgehead atoms. The number of halogens is 3. The number of aromatic hydroxyl groups is 1. The molecule has 0 saturated carbocycles. The minimum absolute atomic E-state index is 0.0428. The molecule has 61 heavy (non-hydrogen) atoms. The highest BCUT2D eigenvalue weighted by Crippen LogP contribution is 2.40. The number of piperidine rings is 1. The minimum atomic E-state index is -4.73. The molecule has 2 heterocycles. The summed E-state index contributed by atoms with van der Waals surface area (Å²) < 4.78 is 65.9. The molecule has 0 aliphatic carbocycles. The van der Waals surface area contributed by atoms with Gasteiger partial charge in [-0.2, -0.15) is 13.2 Å². The lowest BCUT2D eigenvalue weighted by atomic mass is 10.00. The standard InChI is InChI=1S/C44H49F3N6O8/c1-43(2,3)61-42(57)52-35(21-26-9-12-30(54)13-10-26)40(55)49-27-16-19-53(20-17-27)36-14-11-29(23-33(36)44(45,46)47)51-41(56)50-28-7-6-8-31(22-28)60-37-15-18-48-34-25-39(59-5)38(58-4)24-32(34)37/h6-15,18,22-25,27,35,40,49,54-55H,16-17,19-21H2,1-5H3,(H,52,57)(H2,50,51,56)/t35-,40-/m1/s1. The van der Waals surface area contributed by atoms with E-state index in [9.17, 15) is 33.0 Å². The summed E-state index contributed by atoms with van der Waals surface area (Å²) >= 11 is 0. The monoisotopic (exact) mass is 846 g/mol. The molecule has 14 nitrogen and oxygen atoms in total. The lowest BCUT2D eigenvalue weighted by Gasteiger charge is -2.37. The zero-order valence-corrected chi connectivity index (χ0v) is 34.3. The van der Waals surface area contributed by atoms with Crippen molar-refractivity contribution in [3.63, 3.8) is 0 Å². The fourth-order valence-corrected chi connectivity index (χ4v) is 6.94. The summed E-state index contributed by atoms with van der Waals surface area (Å²) in [6, 6.07) is 19.8. The molecule has 4 aromatic carbocycles. The van der Waals surface area contributed by atoms with E-state index in [1.807, 2.05) is 0 Å². The van der Waals surface area contributed by atoms with Gasteiger partial charge in [0.25, 0.3) is 0 Å². The summed E-state index contributed by atoms with van der Waals surface area (Å²) in [4.78, 5) is 31.7. The van der Waals surface area contributed by atoms with Crippen molar-refractivity contribution in [1.82, 2.24) is 15.6 Å². The Hall–Kier alpha value is -6.46. The number of ether oxygens (including phenoxy) is 4. The number of hydrogen-bond acceptors (Lipinski definition) is 11. The van der Waals surface area contributed by atoms with E-state index in [1.165, 1.54) is 38.5 Å². The van der Waals surface area contributed by atoms with Crippen molar-refractivity contribution in [3.8, 4) is 28.7 Å². The number of alkyl halides is 3. The lowest BCUT2D eigenvalue weighted by molar-refractivity contribution is -0.137. The van der Waals surface area contributed by atoms with E-state index in [0.29, 0.717) is 52.4 Å².